The van der Waals surface area contributed by atoms with E-state index in [1.165, 1.54) is 5.56 Å². The molecule has 110 valence electrons. The Balaban J connectivity index is 2.01. The number of carbonyl (C=O) groups excluding carboxylic acids is 1. The highest BCUT2D eigenvalue weighted by atomic mass is 16.5. The van der Waals surface area contributed by atoms with Crippen LogP contribution in [0.4, 0.5) is 0 Å². The SMILES string of the molecule is COc1ccc(C(=O)Oc2ccc(CC(C)C)cc2)cc1. The van der Waals surface area contributed by atoms with Crippen molar-refractivity contribution in [1.29, 1.82) is 0 Å². The first kappa shape index (κ1) is 15.1. The van der Waals surface area contributed by atoms with Crippen LogP contribution in [0.1, 0.15) is 29.8 Å². The molecule has 2 rings (SSSR count). The highest BCUT2D eigenvalue weighted by Gasteiger charge is 2.08. The van der Waals surface area contributed by atoms with Gasteiger partial charge in [0.25, 0.3) is 0 Å². The van der Waals surface area contributed by atoms with Crippen molar-refractivity contribution >= 4 is 5.97 Å². The maximum absolute atomic E-state index is 12.0. The fourth-order valence-corrected chi connectivity index (χ4v) is 2.06. The Kier molecular flexibility index (Phi) is 4.99. The first-order valence-electron chi connectivity index (χ1n) is 7.03. The van der Waals surface area contributed by atoms with E-state index in [-0.39, 0.29) is 5.97 Å². The zero-order valence-electron chi connectivity index (χ0n) is 12.6. The molecule has 0 spiro atoms. The monoisotopic (exact) mass is 284 g/mol. The summed E-state index contributed by atoms with van der Waals surface area (Å²) in [6.07, 6.45) is 1.02. The molecule has 0 saturated heterocycles. The number of carbonyl (C=O) groups is 1. The Hall–Kier alpha value is -2.29. The molecule has 0 aliphatic carbocycles. The van der Waals surface area contributed by atoms with E-state index in [1.54, 1.807) is 31.4 Å². The Morgan fingerprint density at radius 1 is 0.952 bits per heavy atom. The minimum atomic E-state index is -0.366. The normalized spacial score (nSPS) is 10.5. The third kappa shape index (κ3) is 4.35. The highest BCUT2D eigenvalue weighted by Crippen LogP contribution is 2.17. The van der Waals surface area contributed by atoms with E-state index < -0.39 is 0 Å². The van der Waals surface area contributed by atoms with Gasteiger partial charge in [-0.3, -0.25) is 0 Å². The van der Waals surface area contributed by atoms with Gasteiger partial charge in [0.15, 0.2) is 0 Å². The third-order valence-electron chi connectivity index (χ3n) is 3.10. The zero-order chi connectivity index (χ0) is 15.2. The Bertz CT molecular complexity index is 583. The van der Waals surface area contributed by atoms with Crippen molar-refractivity contribution < 1.29 is 14.3 Å². The van der Waals surface area contributed by atoms with Crippen molar-refractivity contribution in [2.45, 2.75) is 20.3 Å². The lowest BCUT2D eigenvalue weighted by Crippen LogP contribution is -2.08. The zero-order valence-corrected chi connectivity index (χ0v) is 12.6. The molecule has 0 amide bonds. The van der Waals surface area contributed by atoms with Gasteiger partial charge in [0.2, 0.25) is 0 Å². The van der Waals surface area contributed by atoms with Gasteiger partial charge >= 0.3 is 5.97 Å². The summed E-state index contributed by atoms with van der Waals surface area (Å²) in [7, 11) is 1.59. The summed E-state index contributed by atoms with van der Waals surface area (Å²) in [6, 6.07) is 14.5. The molecule has 3 heteroatoms. The summed E-state index contributed by atoms with van der Waals surface area (Å²) < 4.78 is 10.4. The molecule has 0 aliphatic heterocycles. The molecule has 0 aliphatic rings. The molecule has 0 radical (unpaired) electrons. The molecule has 21 heavy (non-hydrogen) atoms. The minimum absolute atomic E-state index is 0.366. The van der Waals surface area contributed by atoms with Crippen LogP contribution >= 0.6 is 0 Å². The number of methoxy groups -OCH3 is 1. The lowest BCUT2D eigenvalue weighted by Gasteiger charge is -2.07. The maximum atomic E-state index is 12.0. The summed E-state index contributed by atoms with van der Waals surface area (Å²) in [6.45, 7) is 4.36. The van der Waals surface area contributed by atoms with E-state index in [0.29, 0.717) is 23.0 Å². The molecule has 0 bridgehead atoms. The molecule has 3 nitrogen and oxygen atoms in total. The van der Waals surface area contributed by atoms with E-state index in [2.05, 4.69) is 13.8 Å². The number of hydrogen-bond acceptors (Lipinski definition) is 3. The van der Waals surface area contributed by atoms with E-state index in [9.17, 15) is 4.79 Å². The molecule has 2 aromatic carbocycles. The molecule has 0 fully saturated rings. The van der Waals surface area contributed by atoms with Gasteiger partial charge < -0.3 is 9.47 Å². The van der Waals surface area contributed by atoms with Crippen LogP contribution < -0.4 is 9.47 Å². The van der Waals surface area contributed by atoms with Crippen LogP contribution in [0.2, 0.25) is 0 Å². The molecule has 0 aromatic heterocycles. The fourth-order valence-electron chi connectivity index (χ4n) is 2.06. The van der Waals surface area contributed by atoms with Crippen LogP contribution in [0.25, 0.3) is 0 Å². The quantitative estimate of drug-likeness (QED) is 0.612. The van der Waals surface area contributed by atoms with E-state index in [1.807, 2.05) is 24.3 Å². The molecule has 0 atom stereocenters. The Labute approximate surface area is 125 Å². The first-order valence-corrected chi connectivity index (χ1v) is 7.03. The summed E-state index contributed by atoms with van der Waals surface area (Å²) >= 11 is 0. The van der Waals surface area contributed by atoms with Gasteiger partial charge in [0.1, 0.15) is 11.5 Å². The predicted octanol–water partition coefficient (Wildman–Crippen LogP) is 4.11. The number of benzene rings is 2. The second-order valence-electron chi connectivity index (χ2n) is 5.36. The second kappa shape index (κ2) is 6.93. The molecular weight excluding hydrogens is 264 g/mol. The van der Waals surface area contributed by atoms with E-state index in [4.69, 9.17) is 9.47 Å². The number of esters is 1. The van der Waals surface area contributed by atoms with Crippen molar-refractivity contribution in [3.63, 3.8) is 0 Å². The van der Waals surface area contributed by atoms with Crippen LogP contribution in [0.15, 0.2) is 48.5 Å². The first-order chi connectivity index (χ1) is 10.1. The highest BCUT2D eigenvalue weighted by molar-refractivity contribution is 5.91. The summed E-state index contributed by atoms with van der Waals surface area (Å²) in [5.41, 5.74) is 1.75. The van der Waals surface area contributed by atoms with Crippen molar-refractivity contribution in [2.24, 2.45) is 5.92 Å². The molecule has 0 heterocycles. The van der Waals surface area contributed by atoms with Gasteiger partial charge in [-0.25, -0.2) is 4.79 Å². The van der Waals surface area contributed by atoms with Crippen molar-refractivity contribution in [2.75, 3.05) is 7.11 Å². The standard InChI is InChI=1S/C18H20O3/c1-13(2)12-14-4-8-17(9-5-14)21-18(19)15-6-10-16(20-3)11-7-15/h4-11,13H,12H2,1-3H3. The summed E-state index contributed by atoms with van der Waals surface area (Å²) in [5.74, 6) is 1.51. The van der Waals surface area contributed by atoms with E-state index in [0.717, 1.165) is 6.42 Å². The van der Waals surface area contributed by atoms with Gasteiger partial charge in [0, 0.05) is 0 Å². The summed E-state index contributed by atoms with van der Waals surface area (Å²) in [5, 5.41) is 0. The lowest BCUT2D eigenvalue weighted by atomic mass is 10.0. The largest absolute Gasteiger partial charge is 0.497 e. The van der Waals surface area contributed by atoms with Crippen LogP contribution in [-0.2, 0) is 6.42 Å². The van der Waals surface area contributed by atoms with Gasteiger partial charge in [-0.15, -0.1) is 0 Å². The van der Waals surface area contributed by atoms with Crippen LogP contribution in [0.3, 0.4) is 0 Å². The van der Waals surface area contributed by atoms with Gasteiger partial charge in [0.05, 0.1) is 12.7 Å². The Morgan fingerprint density at radius 3 is 2.05 bits per heavy atom. The number of hydrogen-bond donors (Lipinski definition) is 0. The lowest BCUT2D eigenvalue weighted by molar-refractivity contribution is 0.0734. The molecule has 0 N–H and O–H groups in total. The minimum Gasteiger partial charge on any atom is -0.497 e. The van der Waals surface area contributed by atoms with Crippen LogP contribution in [0, 0.1) is 5.92 Å². The summed E-state index contributed by atoms with van der Waals surface area (Å²) in [4.78, 5) is 12.0. The van der Waals surface area contributed by atoms with Crippen molar-refractivity contribution in [1.82, 2.24) is 0 Å². The van der Waals surface area contributed by atoms with E-state index >= 15 is 0 Å². The number of rotatable bonds is 5. The van der Waals surface area contributed by atoms with Crippen LogP contribution in [-0.4, -0.2) is 13.1 Å². The fraction of sp³-hybridized carbons (Fsp3) is 0.278. The van der Waals surface area contributed by atoms with Crippen molar-refractivity contribution in [3.8, 4) is 11.5 Å². The van der Waals surface area contributed by atoms with Gasteiger partial charge in [-0.05, 0) is 54.3 Å². The molecule has 0 unspecified atom stereocenters. The van der Waals surface area contributed by atoms with Crippen molar-refractivity contribution in [3.05, 3.63) is 59.7 Å². The molecule has 0 saturated carbocycles. The second-order valence-corrected chi connectivity index (χ2v) is 5.36. The Morgan fingerprint density at radius 2 is 1.52 bits per heavy atom. The predicted molar refractivity (Wildman–Crippen MR) is 82.9 cm³/mol. The van der Waals surface area contributed by atoms with Crippen LogP contribution in [0.5, 0.6) is 11.5 Å². The molecular formula is C18H20O3. The van der Waals surface area contributed by atoms with Gasteiger partial charge in [-0.1, -0.05) is 26.0 Å². The molecule has 2 aromatic rings. The topological polar surface area (TPSA) is 35.5 Å². The smallest absolute Gasteiger partial charge is 0.343 e. The average molecular weight is 284 g/mol. The number of ether oxygens (including phenoxy) is 2. The van der Waals surface area contributed by atoms with Gasteiger partial charge in [-0.2, -0.15) is 0 Å². The maximum Gasteiger partial charge on any atom is 0.343 e. The average Bonchev–Trinajstić information content (AvgIpc) is 2.49. The third-order valence-corrected chi connectivity index (χ3v) is 3.10.